The van der Waals surface area contributed by atoms with Gasteiger partial charge in [-0.15, -0.1) is 0 Å². The van der Waals surface area contributed by atoms with E-state index in [9.17, 15) is 9.90 Å². The van der Waals surface area contributed by atoms with Gasteiger partial charge in [0.25, 0.3) is 0 Å². The second-order valence-electron chi connectivity index (χ2n) is 4.77. The van der Waals surface area contributed by atoms with Crippen molar-refractivity contribution in [2.45, 2.75) is 33.1 Å². The van der Waals surface area contributed by atoms with E-state index in [4.69, 9.17) is 0 Å². The first-order valence-electron chi connectivity index (χ1n) is 5.81. The van der Waals surface area contributed by atoms with Gasteiger partial charge in [-0.1, -0.05) is 6.42 Å². The molecule has 1 aromatic heterocycles. The van der Waals surface area contributed by atoms with Crippen molar-refractivity contribution in [3.05, 3.63) is 17.5 Å². The topological polar surface area (TPSA) is 75.1 Å². The van der Waals surface area contributed by atoms with Crippen LogP contribution in [0.15, 0.2) is 6.07 Å². The van der Waals surface area contributed by atoms with Gasteiger partial charge in [-0.25, -0.2) is 9.97 Å². The molecule has 0 amide bonds. The highest BCUT2D eigenvalue weighted by atomic mass is 16.4. The number of aromatic nitrogens is 2. The van der Waals surface area contributed by atoms with Gasteiger partial charge >= 0.3 is 5.97 Å². The first kappa shape index (κ1) is 11.8. The van der Waals surface area contributed by atoms with Crippen molar-refractivity contribution in [3.8, 4) is 0 Å². The number of nitrogens with zero attached hydrogens (tertiary/aromatic N) is 2. The molecule has 92 valence electrons. The van der Waals surface area contributed by atoms with Gasteiger partial charge < -0.3 is 10.4 Å². The van der Waals surface area contributed by atoms with Crippen LogP contribution >= 0.6 is 0 Å². The van der Waals surface area contributed by atoms with E-state index in [1.165, 1.54) is 0 Å². The highest BCUT2D eigenvalue weighted by Gasteiger charge is 2.44. The van der Waals surface area contributed by atoms with E-state index in [0.717, 1.165) is 30.7 Å². The summed E-state index contributed by atoms with van der Waals surface area (Å²) in [6, 6.07) is 1.89. The van der Waals surface area contributed by atoms with Crippen LogP contribution in [0.4, 0.5) is 5.95 Å². The minimum Gasteiger partial charge on any atom is -0.481 e. The summed E-state index contributed by atoms with van der Waals surface area (Å²) in [6.07, 6.45) is 2.46. The Morgan fingerprint density at radius 3 is 2.41 bits per heavy atom. The Labute approximate surface area is 100 Å². The fraction of sp³-hybridized carbons (Fsp3) is 0.583. The van der Waals surface area contributed by atoms with Crippen molar-refractivity contribution in [2.75, 3.05) is 11.9 Å². The van der Waals surface area contributed by atoms with Crippen LogP contribution in [0.3, 0.4) is 0 Å². The van der Waals surface area contributed by atoms with E-state index in [1.807, 2.05) is 19.9 Å². The minimum absolute atomic E-state index is 0.408. The lowest BCUT2D eigenvalue weighted by atomic mass is 9.69. The summed E-state index contributed by atoms with van der Waals surface area (Å²) in [6.45, 7) is 4.21. The molecule has 1 aromatic rings. The smallest absolute Gasteiger partial charge is 0.311 e. The Morgan fingerprint density at radius 2 is 2.00 bits per heavy atom. The largest absolute Gasteiger partial charge is 0.481 e. The lowest BCUT2D eigenvalue weighted by molar-refractivity contribution is -0.153. The number of aliphatic carboxylic acids is 1. The molecule has 5 heteroatoms. The molecule has 0 saturated heterocycles. The number of rotatable bonds is 4. The predicted molar refractivity (Wildman–Crippen MR) is 63.9 cm³/mol. The maximum atomic E-state index is 11.2. The average Bonchev–Trinajstić information content (AvgIpc) is 2.13. The molecule has 0 radical (unpaired) electrons. The first-order valence-corrected chi connectivity index (χ1v) is 5.81. The molecule has 0 bridgehead atoms. The Bertz CT molecular complexity index is 421. The molecule has 0 aliphatic heterocycles. The van der Waals surface area contributed by atoms with E-state index < -0.39 is 11.4 Å². The Morgan fingerprint density at radius 1 is 1.41 bits per heavy atom. The van der Waals surface area contributed by atoms with Crippen molar-refractivity contribution in [1.29, 1.82) is 0 Å². The van der Waals surface area contributed by atoms with Crippen LogP contribution in [0.25, 0.3) is 0 Å². The lowest BCUT2D eigenvalue weighted by Gasteiger charge is -2.37. The van der Waals surface area contributed by atoms with Crippen LogP contribution in [0.1, 0.15) is 30.7 Å². The number of carboxylic acid groups (broad SMARTS) is 1. The molecule has 5 nitrogen and oxygen atoms in total. The van der Waals surface area contributed by atoms with Gasteiger partial charge in [0.15, 0.2) is 0 Å². The molecule has 2 N–H and O–H groups in total. The Hall–Kier alpha value is -1.65. The third-order valence-electron chi connectivity index (χ3n) is 3.33. The summed E-state index contributed by atoms with van der Waals surface area (Å²) in [5, 5.41) is 12.2. The van der Waals surface area contributed by atoms with Crippen molar-refractivity contribution in [1.82, 2.24) is 9.97 Å². The SMILES string of the molecule is Cc1cc(C)nc(NCC2(C(=O)O)CCC2)n1. The maximum Gasteiger partial charge on any atom is 0.311 e. The van der Waals surface area contributed by atoms with Crippen LogP contribution < -0.4 is 5.32 Å². The molecule has 0 aromatic carbocycles. The van der Waals surface area contributed by atoms with Crippen LogP contribution in [-0.2, 0) is 4.79 Å². The lowest BCUT2D eigenvalue weighted by Crippen LogP contribution is -2.43. The number of anilines is 1. The molecule has 1 fully saturated rings. The molecular formula is C12H17N3O2. The normalized spacial score (nSPS) is 17.3. The molecule has 1 saturated carbocycles. The molecule has 1 aliphatic rings. The van der Waals surface area contributed by atoms with Crippen LogP contribution in [-0.4, -0.2) is 27.6 Å². The van der Waals surface area contributed by atoms with Gasteiger partial charge in [-0.3, -0.25) is 4.79 Å². The molecule has 17 heavy (non-hydrogen) atoms. The Balaban J connectivity index is 2.04. The standard InChI is InChI=1S/C12H17N3O2/c1-8-6-9(2)15-11(14-8)13-7-12(10(16)17)4-3-5-12/h6H,3-5,7H2,1-2H3,(H,16,17)(H,13,14,15). The van der Waals surface area contributed by atoms with Crippen molar-refractivity contribution in [3.63, 3.8) is 0 Å². The monoisotopic (exact) mass is 235 g/mol. The molecule has 0 spiro atoms. The van der Waals surface area contributed by atoms with Gasteiger partial charge in [0.1, 0.15) is 0 Å². The van der Waals surface area contributed by atoms with E-state index in [1.54, 1.807) is 0 Å². The number of carbonyl (C=O) groups is 1. The summed E-state index contributed by atoms with van der Waals surface area (Å²) in [7, 11) is 0. The van der Waals surface area contributed by atoms with Crippen LogP contribution in [0, 0.1) is 19.3 Å². The molecule has 0 atom stereocenters. The maximum absolute atomic E-state index is 11.2. The van der Waals surface area contributed by atoms with Crippen LogP contribution in [0.5, 0.6) is 0 Å². The van der Waals surface area contributed by atoms with Gasteiger partial charge in [-0.2, -0.15) is 0 Å². The summed E-state index contributed by atoms with van der Waals surface area (Å²) < 4.78 is 0. The second-order valence-corrected chi connectivity index (χ2v) is 4.77. The number of aryl methyl sites for hydroxylation is 2. The summed E-state index contributed by atoms with van der Waals surface area (Å²) in [5.74, 6) is -0.198. The Kier molecular flexibility index (Phi) is 3.00. The number of carboxylic acids is 1. The number of nitrogens with one attached hydrogen (secondary N) is 1. The van der Waals surface area contributed by atoms with E-state index in [0.29, 0.717) is 12.5 Å². The fourth-order valence-electron chi connectivity index (χ4n) is 2.12. The summed E-state index contributed by atoms with van der Waals surface area (Å²) in [5.41, 5.74) is 1.16. The van der Waals surface area contributed by atoms with Crippen molar-refractivity contribution in [2.24, 2.45) is 5.41 Å². The summed E-state index contributed by atoms with van der Waals surface area (Å²) >= 11 is 0. The molecule has 2 rings (SSSR count). The number of hydrogen-bond donors (Lipinski definition) is 2. The van der Waals surface area contributed by atoms with Gasteiger partial charge in [0.2, 0.25) is 5.95 Å². The van der Waals surface area contributed by atoms with Crippen LogP contribution in [0.2, 0.25) is 0 Å². The zero-order chi connectivity index (χ0) is 12.5. The van der Waals surface area contributed by atoms with Gasteiger partial charge in [0.05, 0.1) is 5.41 Å². The minimum atomic E-state index is -0.722. The highest BCUT2D eigenvalue weighted by molar-refractivity contribution is 5.76. The number of hydrogen-bond acceptors (Lipinski definition) is 4. The predicted octanol–water partition coefficient (Wildman–Crippen LogP) is 1.76. The van der Waals surface area contributed by atoms with Crippen molar-refractivity contribution >= 4 is 11.9 Å². The zero-order valence-corrected chi connectivity index (χ0v) is 10.2. The quantitative estimate of drug-likeness (QED) is 0.831. The summed E-state index contributed by atoms with van der Waals surface area (Å²) in [4.78, 5) is 19.7. The van der Waals surface area contributed by atoms with Gasteiger partial charge in [-0.05, 0) is 32.8 Å². The first-order chi connectivity index (χ1) is 8.02. The third-order valence-corrected chi connectivity index (χ3v) is 3.33. The average molecular weight is 235 g/mol. The van der Waals surface area contributed by atoms with Crippen molar-refractivity contribution < 1.29 is 9.90 Å². The molecular weight excluding hydrogens is 218 g/mol. The highest BCUT2D eigenvalue weighted by Crippen LogP contribution is 2.41. The van der Waals surface area contributed by atoms with Gasteiger partial charge in [0, 0.05) is 17.9 Å². The fourth-order valence-corrected chi connectivity index (χ4v) is 2.12. The molecule has 1 heterocycles. The zero-order valence-electron chi connectivity index (χ0n) is 10.2. The van der Waals surface area contributed by atoms with E-state index in [-0.39, 0.29) is 0 Å². The molecule has 1 aliphatic carbocycles. The van der Waals surface area contributed by atoms with E-state index in [2.05, 4.69) is 15.3 Å². The van der Waals surface area contributed by atoms with E-state index >= 15 is 0 Å². The third kappa shape index (κ3) is 2.38. The molecule has 0 unspecified atom stereocenters. The second kappa shape index (κ2) is 4.31.